The highest BCUT2D eigenvalue weighted by molar-refractivity contribution is 6.04. The third-order valence-electron chi connectivity index (χ3n) is 4.24. The lowest BCUT2D eigenvalue weighted by Gasteiger charge is -2.15. The molecule has 0 bridgehead atoms. The van der Waals surface area contributed by atoms with Crippen LogP contribution in [0.4, 0.5) is 8.78 Å². The molecule has 1 amide bonds. The van der Waals surface area contributed by atoms with Crippen molar-refractivity contribution in [3.8, 4) is 0 Å². The summed E-state index contributed by atoms with van der Waals surface area (Å²) < 4.78 is 28.0. The van der Waals surface area contributed by atoms with Crippen LogP contribution in [0, 0.1) is 0 Å². The first-order valence-electron chi connectivity index (χ1n) is 8.05. The molecule has 1 atom stereocenters. The van der Waals surface area contributed by atoms with Crippen LogP contribution < -0.4 is 5.32 Å². The van der Waals surface area contributed by atoms with Crippen molar-refractivity contribution in [1.82, 2.24) is 25.1 Å². The quantitative estimate of drug-likeness (QED) is 0.585. The lowest BCUT2D eigenvalue weighted by molar-refractivity contribution is 0.0687. The Labute approximate surface area is 146 Å². The van der Waals surface area contributed by atoms with Gasteiger partial charge in [-0.05, 0) is 25.1 Å². The van der Waals surface area contributed by atoms with Gasteiger partial charge in [0.15, 0.2) is 5.69 Å². The molecule has 2 N–H and O–H groups in total. The van der Waals surface area contributed by atoms with Gasteiger partial charge in [0.25, 0.3) is 5.91 Å². The van der Waals surface area contributed by atoms with Crippen molar-refractivity contribution >= 4 is 27.8 Å². The lowest BCUT2D eigenvalue weighted by Crippen LogP contribution is -2.29. The fraction of sp³-hybridized carbons (Fsp3) is 0.167. The topological polar surface area (TPSA) is 75.6 Å². The molecule has 0 spiro atoms. The van der Waals surface area contributed by atoms with Gasteiger partial charge in [0.1, 0.15) is 5.82 Å². The molecule has 0 fully saturated rings. The number of aromatic amines is 1. The van der Waals surface area contributed by atoms with Crippen LogP contribution in [0.2, 0.25) is 0 Å². The van der Waals surface area contributed by atoms with Crippen LogP contribution in [-0.2, 0) is 0 Å². The SMILES string of the molecule is CC(NC(=O)c1n[nH]c2ccccc12)c1nc2ccccc2n1C(F)F. The predicted molar refractivity (Wildman–Crippen MR) is 93.0 cm³/mol. The minimum Gasteiger partial charge on any atom is -0.341 e. The van der Waals surface area contributed by atoms with E-state index >= 15 is 0 Å². The second-order valence-corrected chi connectivity index (χ2v) is 5.92. The number of hydrogen-bond acceptors (Lipinski definition) is 3. The molecule has 0 aliphatic heterocycles. The van der Waals surface area contributed by atoms with Crippen molar-refractivity contribution in [1.29, 1.82) is 0 Å². The number of carbonyl (C=O) groups excluding carboxylic acids is 1. The Kier molecular flexibility index (Phi) is 3.87. The van der Waals surface area contributed by atoms with Crippen molar-refractivity contribution in [3.63, 3.8) is 0 Å². The number of hydrogen-bond donors (Lipinski definition) is 2. The molecule has 2 aromatic carbocycles. The third kappa shape index (κ3) is 2.59. The van der Waals surface area contributed by atoms with E-state index in [-0.39, 0.29) is 11.5 Å². The first-order chi connectivity index (χ1) is 12.6. The number of halogens is 2. The van der Waals surface area contributed by atoms with E-state index in [1.54, 1.807) is 49.4 Å². The highest BCUT2D eigenvalue weighted by atomic mass is 19.3. The fourth-order valence-corrected chi connectivity index (χ4v) is 3.04. The third-order valence-corrected chi connectivity index (χ3v) is 4.24. The Morgan fingerprint density at radius 3 is 2.69 bits per heavy atom. The minimum absolute atomic E-state index is 0.0920. The highest BCUT2D eigenvalue weighted by Gasteiger charge is 2.24. The number of para-hydroxylation sites is 3. The van der Waals surface area contributed by atoms with E-state index in [0.717, 1.165) is 10.1 Å². The summed E-state index contributed by atoms with van der Waals surface area (Å²) in [4.78, 5) is 16.9. The second-order valence-electron chi connectivity index (χ2n) is 5.92. The fourth-order valence-electron chi connectivity index (χ4n) is 3.04. The summed E-state index contributed by atoms with van der Waals surface area (Å²) >= 11 is 0. The summed E-state index contributed by atoms with van der Waals surface area (Å²) in [5, 5.41) is 10.2. The number of fused-ring (bicyclic) bond motifs is 2. The first kappa shape index (κ1) is 16.2. The maximum atomic E-state index is 13.6. The van der Waals surface area contributed by atoms with E-state index in [9.17, 15) is 13.6 Å². The molecule has 0 radical (unpaired) electrons. The molecule has 0 aliphatic carbocycles. The second kappa shape index (κ2) is 6.21. The number of imidazole rings is 1. The van der Waals surface area contributed by atoms with Gasteiger partial charge >= 0.3 is 6.55 Å². The van der Waals surface area contributed by atoms with Gasteiger partial charge in [-0.1, -0.05) is 30.3 Å². The summed E-state index contributed by atoms with van der Waals surface area (Å²) in [5.74, 6) is -0.364. The Bertz CT molecular complexity index is 1100. The Morgan fingerprint density at radius 1 is 1.15 bits per heavy atom. The van der Waals surface area contributed by atoms with Gasteiger partial charge < -0.3 is 5.32 Å². The molecule has 6 nitrogen and oxygen atoms in total. The van der Waals surface area contributed by atoms with Crippen LogP contribution in [0.5, 0.6) is 0 Å². The zero-order valence-electron chi connectivity index (χ0n) is 13.8. The van der Waals surface area contributed by atoms with E-state index in [2.05, 4.69) is 20.5 Å². The maximum Gasteiger partial charge on any atom is 0.320 e. The number of nitrogens with zero attached hydrogens (tertiary/aromatic N) is 3. The Hall–Kier alpha value is -3.29. The van der Waals surface area contributed by atoms with E-state index in [4.69, 9.17) is 0 Å². The monoisotopic (exact) mass is 355 g/mol. The van der Waals surface area contributed by atoms with Crippen LogP contribution in [-0.4, -0.2) is 25.7 Å². The number of aromatic nitrogens is 4. The molecular weight excluding hydrogens is 340 g/mol. The van der Waals surface area contributed by atoms with Crippen molar-refractivity contribution in [2.75, 3.05) is 0 Å². The summed E-state index contributed by atoms with van der Waals surface area (Å²) in [6.07, 6.45) is 0. The molecule has 132 valence electrons. The summed E-state index contributed by atoms with van der Waals surface area (Å²) in [7, 11) is 0. The predicted octanol–water partition coefficient (Wildman–Crippen LogP) is 3.80. The number of amides is 1. The number of H-pyrrole nitrogens is 1. The van der Waals surface area contributed by atoms with E-state index in [0.29, 0.717) is 16.4 Å². The van der Waals surface area contributed by atoms with Gasteiger partial charge in [-0.25, -0.2) is 4.98 Å². The highest BCUT2D eigenvalue weighted by Crippen LogP contribution is 2.27. The van der Waals surface area contributed by atoms with Crippen LogP contribution in [0.15, 0.2) is 48.5 Å². The van der Waals surface area contributed by atoms with Gasteiger partial charge in [-0.3, -0.25) is 14.5 Å². The molecule has 1 unspecified atom stereocenters. The van der Waals surface area contributed by atoms with E-state index < -0.39 is 18.5 Å². The van der Waals surface area contributed by atoms with Crippen LogP contribution >= 0.6 is 0 Å². The molecular formula is C18H15F2N5O. The number of carbonyl (C=O) groups is 1. The van der Waals surface area contributed by atoms with Gasteiger partial charge in [0.2, 0.25) is 0 Å². The maximum absolute atomic E-state index is 13.6. The smallest absolute Gasteiger partial charge is 0.320 e. The van der Waals surface area contributed by atoms with Gasteiger partial charge in [0, 0.05) is 5.39 Å². The normalized spacial score (nSPS) is 12.8. The number of benzene rings is 2. The zero-order valence-corrected chi connectivity index (χ0v) is 13.8. The Balaban J connectivity index is 1.68. The van der Waals surface area contributed by atoms with Gasteiger partial charge in [-0.15, -0.1) is 0 Å². The average molecular weight is 355 g/mol. The summed E-state index contributed by atoms with van der Waals surface area (Å²) in [6, 6.07) is 13.1. The number of nitrogens with one attached hydrogen (secondary N) is 2. The molecule has 26 heavy (non-hydrogen) atoms. The Morgan fingerprint density at radius 2 is 1.88 bits per heavy atom. The van der Waals surface area contributed by atoms with Crippen LogP contribution in [0.3, 0.4) is 0 Å². The van der Waals surface area contributed by atoms with Crippen molar-refractivity contribution in [3.05, 3.63) is 60.0 Å². The van der Waals surface area contributed by atoms with Crippen LogP contribution in [0.25, 0.3) is 21.9 Å². The molecule has 8 heteroatoms. The van der Waals surface area contributed by atoms with Crippen LogP contribution in [0.1, 0.15) is 35.8 Å². The molecule has 2 aromatic heterocycles. The van der Waals surface area contributed by atoms with E-state index in [1.807, 2.05) is 6.07 Å². The van der Waals surface area contributed by atoms with Gasteiger partial charge in [0.05, 0.1) is 22.6 Å². The van der Waals surface area contributed by atoms with Crippen molar-refractivity contribution in [2.24, 2.45) is 0 Å². The molecule has 0 saturated heterocycles. The largest absolute Gasteiger partial charge is 0.341 e. The average Bonchev–Trinajstić information content (AvgIpc) is 3.23. The van der Waals surface area contributed by atoms with Crippen molar-refractivity contribution in [2.45, 2.75) is 19.5 Å². The van der Waals surface area contributed by atoms with Gasteiger partial charge in [-0.2, -0.15) is 13.9 Å². The molecule has 0 aliphatic rings. The first-order valence-corrected chi connectivity index (χ1v) is 8.05. The molecule has 0 saturated carbocycles. The molecule has 4 rings (SSSR count). The number of rotatable bonds is 4. The number of alkyl halides is 2. The summed E-state index contributed by atoms with van der Waals surface area (Å²) in [6.45, 7) is -1.14. The molecule has 2 heterocycles. The van der Waals surface area contributed by atoms with Crippen molar-refractivity contribution < 1.29 is 13.6 Å². The lowest BCUT2D eigenvalue weighted by atomic mass is 10.2. The summed E-state index contributed by atoms with van der Waals surface area (Å²) in [5.41, 5.74) is 1.72. The molecule has 4 aromatic rings. The zero-order chi connectivity index (χ0) is 18.3. The minimum atomic E-state index is -2.76. The standard InChI is InChI=1S/C18H15F2N5O/c1-10(16-22-13-8-4-5-9-14(13)25(16)18(19)20)21-17(26)15-11-6-2-3-7-12(11)23-24-15/h2-10,18H,1H3,(H,21,26)(H,23,24). The van der Waals surface area contributed by atoms with E-state index in [1.165, 1.54) is 0 Å².